The molecule has 0 saturated carbocycles. The van der Waals surface area contributed by atoms with E-state index in [4.69, 9.17) is 5.26 Å². The minimum atomic E-state index is -0.508. The molecule has 0 radical (unpaired) electrons. The Morgan fingerprint density at radius 3 is 2.78 bits per heavy atom. The quantitative estimate of drug-likeness (QED) is 0.824. The Balaban J connectivity index is 1.93. The lowest BCUT2D eigenvalue weighted by atomic mass is 10.0. The summed E-state index contributed by atoms with van der Waals surface area (Å²) in [7, 11) is 0. The van der Waals surface area contributed by atoms with Gasteiger partial charge >= 0.3 is 0 Å². The molecule has 2 unspecified atom stereocenters. The van der Waals surface area contributed by atoms with E-state index in [1.165, 1.54) is 12.1 Å². The minimum Gasteiger partial charge on any atom is -0.396 e. The van der Waals surface area contributed by atoms with Gasteiger partial charge in [0, 0.05) is 31.1 Å². The van der Waals surface area contributed by atoms with Crippen LogP contribution in [0.5, 0.6) is 0 Å². The summed E-state index contributed by atoms with van der Waals surface area (Å²) >= 11 is 0. The first-order valence-corrected chi connectivity index (χ1v) is 7.57. The Morgan fingerprint density at radius 1 is 1.35 bits per heavy atom. The van der Waals surface area contributed by atoms with Crippen molar-refractivity contribution in [2.75, 3.05) is 13.2 Å². The van der Waals surface area contributed by atoms with Gasteiger partial charge in [-0.1, -0.05) is 12.1 Å². The van der Waals surface area contributed by atoms with Crippen molar-refractivity contribution in [3.63, 3.8) is 0 Å². The molecule has 0 bridgehead atoms. The van der Waals surface area contributed by atoms with E-state index < -0.39 is 5.82 Å². The number of aromatic nitrogens is 1. The Labute approximate surface area is 135 Å². The topological polar surface area (TPSA) is 68.9 Å². The molecular weight excluding hydrogens is 293 g/mol. The molecule has 5 heteroatoms. The molecule has 4 nitrogen and oxygen atoms in total. The first kappa shape index (κ1) is 17.1. The van der Waals surface area contributed by atoms with E-state index in [9.17, 15) is 9.50 Å². The molecule has 0 spiro atoms. The van der Waals surface area contributed by atoms with E-state index in [1.807, 2.05) is 31.2 Å². The van der Waals surface area contributed by atoms with E-state index >= 15 is 0 Å². The third kappa shape index (κ3) is 4.85. The van der Waals surface area contributed by atoms with Crippen LogP contribution in [0, 0.1) is 23.1 Å². The maximum absolute atomic E-state index is 13.7. The molecule has 1 aromatic heterocycles. The second kappa shape index (κ2) is 8.37. The number of hydrogen-bond acceptors (Lipinski definition) is 4. The van der Waals surface area contributed by atoms with Gasteiger partial charge in [-0.2, -0.15) is 5.26 Å². The number of halogens is 1. The van der Waals surface area contributed by atoms with Crippen molar-refractivity contribution in [3.05, 3.63) is 65.2 Å². The zero-order valence-corrected chi connectivity index (χ0v) is 13.0. The summed E-state index contributed by atoms with van der Waals surface area (Å²) in [6.07, 6.45) is 2.41. The highest BCUT2D eigenvalue weighted by Gasteiger charge is 2.13. The van der Waals surface area contributed by atoms with Crippen LogP contribution in [-0.2, 0) is 6.42 Å². The lowest BCUT2D eigenvalue weighted by Crippen LogP contribution is -2.29. The Hall–Kier alpha value is -2.29. The summed E-state index contributed by atoms with van der Waals surface area (Å²) in [5.74, 6) is -0.471. The second-order valence-corrected chi connectivity index (χ2v) is 5.55. The van der Waals surface area contributed by atoms with Gasteiger partial charge in [0.15, 0.2) is 0 Å². The smallest absolute Gasteiger partial charge is 0.141 e. The molecule has 0 aliphatic carbocycles. The summed E-state index contributed by atoms with van der Waals surface area (Å²) in [6, 6.07) is 12.1. The van der Waals surface area contributed by atoms with Crippen molar-refractivity contribution < 1.29 is 9.50 Å². The molecule has 0 aliphatic rings. The average Bonchev–Trinajstić information content (AvgIpc) is 2.59. The van der Waals surface area contributed by atoms with Crippen LogP contribution in [0.4, 0.5) is 4.39 Å². The van der Waals surface area contributed by atoms with Crippen LogP contribution >= 0.6 is 0 Å². The first-order valence-electron chi connectivity index (χ1n) is 7.57. The summed E-state index contributed by atoms with van der Waals surface area (Å²) in [4.78, 5) is 4.26. The molecule has 0 saturated heterocycles. The zero-order chi connectivity index (χ0) is 16.7. The SMILES string of the molecule is CC(NCC(CO)Cc1ccccn1)c1ccc(C#N)c(F)c1. The number of nitrogens with one attached hydrogen (secondary N) is 1. The molecule has 1 aromatic carbocycles. The van der Waals surface area contributed by atoms with E-state index in [1.54, 1.807) is 12.3 Å². The highest BCUT2D eigenvalue weighted by atomic mass is 19.1. The maximum atomic E-state index is 13.7. The van der Waals surface area contributed by atoms with Crippen LogP contribution in [0.1, 0.15) is 29.8 Å². The average molecular weight is 313 g/mol. The van der Waals surface area contributed by atoms with Crippen molar-refractivity contribution in [1.82, 2.24) is 10.3 Å². The Kier molecular flexibility index (Phi) is 6.21. The largest absolute Gasteiger partial charge is 0.396 e. The van der Waals surface area contributed by atoms with E-state index in [2.05, 4.69) is 10.3 Å². The molecule has 2 atom stereocenters. The lowest BCUT2D eigenvalue weighted by Gasteiger charge is -2.19. The zero-order valence-electron chi connectivity index (χ0n) is 13.0. The van der Waals surface area contributed by atoms with Crippen molar-refractivity contribution in [3.8, 4) is 6.07 Å². The van der Waals surface area contributed by atoms with E-state index in [0.29, 0.717) is 13.0 Å². The number of nitrogens with zero attached hydrogens (tertiary/aromatic N) is 2. The number of aliphatic hydroxyl groups is 1. The molecule has 0 fully saturated rings. The fourth-order valence-corrected chi connectivity index (χ4v) is 2.37. The Bertz CT molecular complexity index is 670. The summed E-state index contributed by atoms with van der Waals surface area (Å²) in [5, 5.41) is 21.6. The second-order valence-electron chi connectivity index (χ2n) is 5.55. The van der Waals surface area contributed by atoms with Gasteiger partial charge in [0.25, 0.3) is 0 Å². The monoisotopic (exact) mass is 313 g/mol. The minimum absolute atomic E-state index is 0.0376. The molecule has 2 N–H and O–H groups in total. The lowest BCUT2D eigenvalue weighted by molar-refractivity contribution is 0.218. The summed E-state index contributed by atoms with van der Waals surface area (Å²) < 4.78 is 13.7. The molecule has 0 amide bonds. The van der Waals surface area contributed by atoms with Crippen molar-refractivity contribution in [2.45, 2.75) is 19.4 Å². The van der Waals surface area contributed by atoms with Gasteiger partial charge < -0.3 is 10.4 Å². The number of pyridine rings is 1. The van der Waals surface area contributed by atoms with Gasteiger partial charge in [-0.05, 0) is 49.1 Å². The fraction of sp³-hybridized carbons (Fsp3) is 0.333. The molecule has 120 valence electrons. The van der Waals surface area contributed by atoms with Crippen LogP contribution in [0.3, 0.4) is 0 Å². The van der Waals surface area contributed by atoms with Gasteiger partial charge in [0.2, 0.25) is 0 Å². The van der Waals surface area contributed by atoms with Crippen molar-refractivity contribution in [1.29, 1.82) is 5.26 Å². The van der Waals surface area contributed by atoms with Crippen LogP contribution in [0.25, 0.3) is 0 Å². The number of hydrogen-bond donors (Lipinski definition) is 2. The van der Waals surface area contributed by atoms with Gasteiger partial charge in [-0.15, -0.1) is 0 Å². The molecule has 0 aliphatic heterocycles. The predicted octanol–water partition coefficient (Wildman–Crippen LogP) is 2.59. The van der Waals surface area contributed by atoms with E-state index in [0.717, 1.165) is 11.3 Å². The van der Waals surface area contributed by atoms with Gasteiger partial charge in [0.05, 0.1) is 5.56 Å². The van der Waals surface area contributed by atoms with Crippen LogP contribution in [0.2, 0.25) is 0 Å². The van der Waals surface area contributed by atoms with Crippen molar-refractivity contribution >= 4 is 0 Å². The van der Waals surface area contributed by atoms with Crippen LogP contribution < -0.4 is 5.32 Å². The predicted molar refractivity (Wildman–Crippen MR) is 86.0 cm³/mol. The maximum Gasteiger partial charge on any atom is 0.141 e. The first-order chi connectivity index (χ1) is 11.1. The third-order valence-corrected chi connectivity index (χ3v) is 3.81. The van der Waals surface area contributed by atoms with Crippen LogP contribution in [-0.4, -0.2) is 23.2 Å². The third-order valence-electron chi connectivity index (χ3n) is 3.81. The molecule has 23 heavy (non-hydrogen) atoms. The Morgan fingerprint density at radius 2 is 2.17 bits per heavy atom. The normalized spacial score (nSPS) is 13.3. The molecule has 2 aromatic rings. The number of aliphatic hydroxyl groups excluding tert-OH is 1. The van der Waals surface area contributed by atoms with Crippen molar-refractivity contribution in [2.24, 2.45) is 5.92 Å². The molecule has 2 rings (SSSR count). The van der Waals surface area contributed by atoms with Crippen LogP contribution in [0.15, 0.2) is 42.6 Å². The van der Waals surface area contributed by atoms with Gasteiger partial charge in [0.1, 0.15) is 11.9 Å². The fourth-order valence-electron chi connectivity index (χ4n) is 2.37. The number of rotatable bonds is 7. The standard InChI is InChI=1S/C18H20FN3O/c1-13(15-5-6-16(10-20)18(19)9-15)22-11-14(12-23)8-17-4-2-3-7-21-17/h2-7,9,13-14,22-23H,8,11-12H2,1H3. The number of nitriles is 1. The van der Waals surface area contributed by atoms with Gasteiger partial charge in [-0.3, -0.25) is 4.98 Å². The molecule has 1 heterocycles. The summed E-state index contributed by atoms with van der Waals surface area (Å²) in [5.41, 5.74) is 1.76. The summed E-state index contributed by atoms with van der Waals surface area (Å²) in [6.45, 7) is 2.57. The van der Waals surface area contributed by atoms with E-state index in [-0.39, 0.29) is 24.1 Å². The number of benzene rings is 1. The van der Waals surface area contributed by atoms with Gasteiger partial charge in [-0.25, -0.2) is 4.39 Å². The highest BCUT2D eigenvalue weighted by Crippen LogP contribution is 2.17. The highest BCUT2D eigenvalue weighted by molar-refractivity contribution is 5.34. The molecular formula is C18H20FN3O.